The molecule has 1 heterocycles. The second-order valence-corrected chi connectivity index (χ2v) is 3.16. The van der Waals surface area contributed by atoms with E-state index in [1.807, 2.05) is 0 Å². The smallest absolute Gasteiger partial charge is 0.257 e. The lowest BCUT2D eigenvalue weighted by Gasteiger charge is -2.05. The third-order valence-corrected chi connectivity index (χ3v) is 2.08. The number of methoxy groups -OCH3 is 1. The fourth-order valence-electron chi connectivity index (χ4n) is 1.32. The van der Waals surface area contributed by atoms with Gasteiger partial charge in [-0.15, -0.1) is 0 Å². The van der Waals surface area contributed by atoms with Crippen molar-refractivity contribution in [3.8, 4) is 17.1 Å². The molecule has 0 aliphatic rings. The standard InChI is InChI=1S/C11H10FN3O/c1-16-11-10(13)14-6-9(15-11)7-3-2-4-8(12)5-7/h2-6H,1H3,(H2,13,14). The summed E-state index contributed by atoms with van der Waals surface area (Å²) in [7, 11) is 1.45. The Labute approximate surface area is 91.9 Å². The van der Waals surface area contributed by atoms with Crippen molar-refractivity contribution in [3.05, 3.63) is 36.3 Å². The van der Waals surface area contributed by atoms with Crippen LogP contribution in [0.15, 0.2) is 30.5 Å². The van der Waals surface area contributed by atoms with Gasteiger partial charge in [0.25, 0.3) is 5.88 Å². The highest BCUT2D eigenvalue weighted by Gasteiger charge is 2.06. The Hall–Kier alpha value is -2.17. The van der Waals surface area contributed by atoms with Gasteiger partial charge in [0.2, 0.25) is 0 Å². The van der Waals surface area contributed by atoms with E-state index in [1.165, 1.54) is 25.4 Å². The van der Waals surface area contributed by atoms with Gasteiger partial charge < -0.3 is 10.5 Å². The Balaban J connectivity index is 2.48. The Morgan fingerprint density at radius 2 is 2.19 bits per heavy atom. The molecule has 0 saturated carbocycles. The van der Waals surface area contributed by atoms with Crippen LogP contribution >= 0.6 is 0 Å². The van der Waals surface area contributed by atoms with Gasteiger partial charge in [0.05, 0.1) is 19.0 Å². The molecule has 16 heavy (non-hydrogen) atoms. The maximum atomic E-state index is 13.0. The number of nitrogens with zero attached hydrogens (tertiary/aromatic N) is 2. The zero-order chi connectivity index (χ0) is 11.5. The van der Waals surface area contributed by atoms with Crippen LogP contribution < -0.4 is 10.5 Å². The van der Waals surface area contributed by atoms with Crippen molar-refractivity contribution in [2.45, 2.75) is 0 Å². The van der Waals surface area contributed by atoms with Gasteiger partial charge in [0.1, 0.15) is 5.82 Å². The molecule has 0 fully saturated rings. The summed E-state index contributed by atoms with van der Waals surface area (Å²) < 4.78 is 18.0. The minimum Gasteiger partial charge on any atom is -0.478 e. The van der Waals surface area contributed by atoms with Gasteiger partial charge in [-0.2, -0.15) is 0 Å². The van der Waals surface area contributed by atoms with Crippen LogP contribution in [0.1, 0.15) is 0 Å². The van der Waals surface area contributed by atoms with E-state index in [0.29, 0.717) is 11.3 Å². The van der Waals surface area contributed by atoms with E-state index in [-0.39, 0.29) is 17.5 Å². The van der Waals surface area contributed by atoms with Crippen LogP contribution in [0.3, 0.4) is 0 Å². The molecule has 0 spiro atoms. The summed E-state index contributed by atoms with van der Waals surface area (Å²) in [6, 6.07) is 6.09. The Morgan fingerprint density at radius 1 is 1.38 bits per heavy atom. The normalized spacial score (nSPS) is 10.1. The van der Waals surface area contributed by atoms with Gasteiger partial charge >= 0.3 is 0 Å². The summed E-state index contributed by atoms with van der Waals surface area (Å²) in [5.74, 6) is 0.125. The minimum absolute atomic E-state index is 0.211. The molecule has 4 nitrogen and oxygen atoms in total. The van der Waals surface area contributed by atoms with Crippen molar-refractivity contribution >= 4 is 5.82 Å². The molecule has 0 radical (unpaired) electrons. The molecule has 1 aromatic heterocycles. The summed E-state index contributed by atoms with van der Waals surface area (Å²) in [5.41, 5.74) is 6.68. The van der Waals surface area contributed by atoms with Crippen LogP contribution in [-0.2, 0) is 0 Å². The number of benzene rings is 1. The Kier molecular flexibility index (Phi) is 2.68. The van der Waals surface area contributed by atoms with Gasteiger partial charge in [-0.3, -0.25) is 0 Å². The molecule has 0 atom stereocenters. The number of nitrogens with two attached hydrogens (primary N) is 1. The highest BCUT2D eigenvalue weighted by molar-refractivity contribution is 5.60. The summed E-state index contributed by atoms with van der Waals surface area (Å²) in [4.78, 5) is 8.05. The van der Waals surface area contributed by atoms with E-state index in [2.05, 4.69) is 9.97 Å². The molecule has 2 rings (SSSR count). The number of hydrogen-bond donors (Lipinski definition) is 1. The van der Waals surface area contributed by atoms with Crippen LogP contribution in [0.5, 0.6) is 5.88 Å². The highest BCUT2D eigenvalue weighted by Crippen LogP contribution is 2.22. The van der Waals surface area contributed by atoms with Crippen LogP contribution in [0.25, 0.3) is 11.3 Å². The average Bonchev–Trinajstić information content (AvgIpc) is 2.29. The maximum Gasteiger partial charge on any atom is 0.257 e. The first-order valence-electron chi connectivity index (χ1n) is 4.63. The summed E-state index contributed by atoms with van der Waals surface area (Å²) in [6.45, 7) is 0. The third-order valence-electron chi connectivity index (χ3n) is 2.08. The van der Waals surface area contributed by atoms with Crippen LogP contribution in [-0.4, -0.2) is 17.1 Å². The average molecular weight is 219 g/mol. The van der Waals surface area contributed by atoms with E-state index >= 15 is 0 Å². The molecule has 0 aliphatic carbocycles. The van der Waals surface area contributed by atoms with E-state index < -0.39 is 0 Å². The van der Waals surface area contributed by atoms with Crippen molar-refractivity contribution in [1.82, 2.24) is 9.97 Å². The number of anilines is 1. The fourth-order valence-corrected chi connectivity index (χ4v) is 1.32. The first-order chi connectivity index (χ1) is 7.70. The third kappa shape index (κ3) is 1.93. The Morgan fingerprint density at radius 3 is 2.88 bits per heavy atom. The molecule has 82 valence electrons. The number of nitrogen functional groups attached to an aromatic ring is 1. The van der Waals surface area contributed by atoms with E-state index in [0.717, 1.165) is 0 Å². The summed E-state index contributed by atoms with van der Waals surface area (Å²) >= 11 is 0. The first kappa shape index (κ1) is 10.4. The number of ether oxygens (including phenoxy) is 1. The molecular formula is C11H10FN3O. The molecule has 0 saturated heterocycles. The molecule has 0 bridgehead atoms. The van der Waals surface area contributed by atoms with Crippen molar-refractivity contribution in [3.63, 3.8) is 0 Å². The van der Waals surface area contributed by atoms with Crippen LogP contribution in [0.4, 0.5) is 10.2 Å². The predicted octanol–water partition coefficient (Wildman–Crippen LogP) is 1.87. The van der Waals surface area contributed by atoms with Crippen molar-refractivity contribution in [1.29, 1.82) is 0 Å². The maximum absolute atomic E-state index is 13.0. The first-order valence-corrected chi connectivity index (χ1v) is 4.63. The summed E-state index contributed by atoms with van der Waals surface area (Å²) in [5, 5.41) is 0. The second kappa shape index (κ2) is 4.14. The van der Waals surface area contributed by atoms with Gasteiger partial charge in [-0.05, 0) is 12.1 Å². The molecule has 5 heteroatoms. The van der Waals surface area contributed by atoms with Gasteiger partial charge in [0.15, 0.2) is 5.82 Å². The van der Waals surface area contributed by atoms with Crippen molar-refractivity contribution in [2.75, 3.05) is 12.8 Å². The SMILES string of the molecule is COc1nc(-c2cccc(F)c2)cnc1N. The lowest BCUT2D eigenvalue weighted by Crippen LogP contribution is -1.99. The number of aromatic nitrogens is 2. The second-order valence-electron chi connectivity index (χ2n) is 3.16. The zero-order valence-corrected chi connectivity index (χ0v) is 8.64. The van der Waals surface area contributed by atoms with E-state index in [9.17, 15) is 4.39 Å². The van der Waals surface area contributed by atoms with Crippen molar-refractivity contribution < 1.29 is 9.13 Å². The molecule has 0 unspecified atom stereocenters. The van der Waals surface area contributed by atoms with Gasteiger partial charge in [-0.25, -0.2) is 14.4 Å². The van der Waals surface area contributed by atoms with Gasteiger partial charge in [0, 0.05) is 5.56 Å². The van der Waals surface area contributed by atoms with Crippen LogP contribution in [0, 0.1) is 5.82 Å². The molecule has 1 aromatic carbocycles. The molecule has 0 amide bonds. The topological polar surface area (TPSA) is 61.0 Å². The zero-order valence-electron chi connectivity index (χ0n) is 8.64. The quantitative estimate of drug-likeness (QED) is 0.837. The largest absolute Gasteiger partial charge is 0.478 e. The van der Waals surface area contributed by atoms with Crippen LogP contribution in [0.2, 0.25) is 0 Å². The monoisotopic (exact) mass is 219 g/mol. The lowest BCUT2D eigenvalue weighted by atomic mass is 10.1. The highest BCUT2D eigenvalue weighted by atomic mass is 19.1. The fraction of sp³-hybridized carbons (Fsp3) is 0.0909. The summed E-state index contributed by atoms with van der Waals surface area (Å²) in [6.07, 6.45) is 1.48. The molecule has 2 aromatic rings. The molecular weight excluding hydrogens is 209 g/mol. The molecule has 0 aliphatic heterocycles. The molecule has 2 N–H and O–H groups in total. The minimum atomic E-state index is -0.324. The van der Waals surface area contributed by atoms with Crippen molar-refractivity contribution in [2.24, 2.45) is 0 Å². The van der Waals surface area contributed by atoms with Gasteiger partial charge in [-0.1, -0.05) is 12.1 Å². The lowest BCUT2D eigenvalue weighted by molar-refractivity contribution is 0.399. The Bertz CT molecular complexity index is 516. The number of hydrogen-bond acceptors (Lipinski definition) is 4. The number of rotatable bonds is 2. The predicted molar refractivity (Wildman–Crippen MR) is 58.4 cm³/mol. The number of halogens is 1. The van der Waals surface area contributed by atoms with E-state index in [1.54, 1.807) is 12.1 Å². The van der Waals surface area contributed by atoms with E-state index in [4.69, 9.17) is 10.5 Å².